The van der Waals surface area contributed by atoms with Gasteiger partial charge in [-0.3, -0.25) is 14.9 Å². The second kappa shape index (κ2) is 7.15. The van der Waals surface area contributed by atoms with Crippen molar-refractivity contribution in [3.8, 4) is 0 Å². The minimum Gasteiger partial charge on any atom is -0.351 e. The third-order valence-corrected chi connectivity index (χ3v) is 3.22. The van der Waals surface area contributed by atoms with Gasteiger partial charge in [0.15, 0.2) is 6.29 Å². The second-order valence-corrected chi connectivity index (χ2v) is 4.62. The number of nitro benzene ring substituents is 1. The molecule has 1 heterocycles. The van der Waals surface area contributed by atoms with Gasteiger partial charge in [0.2, 0.25) is 0 Å². The van der Waals surface area contributed by atoms with Gasteiger partial charge in [0.25, 0.3) is 11.2 Å². The van der Waals surface area contributed by atoms with Crippen LogP contribution in [0.5, 0.6) is 0 Å². The van der Waals surface area contributed by atoms with E-state index in [1.807, 2.05) is 13.8 Å². The van der Waals surface area contributed by atoms with Crippen molar-refractivity contribution >= 4 is 16.6 Å². The molecule has 0 atom stereocenters. The van der Waals surface area contributed by atoms with E-state index >= 15 is 0 Å². The fraction of sp³-hybridized carbons (Fsp3) is 0.400. The van der Waals surface area contributed by atoms with Crippen LogP contribution >= 0.6 is 0 Å². The molecule has 0 aliphatic heterocycles. The maximum atomic E-state index is 12.1. The van der Waals surface area contributed by atoms with Crippen molar-refractivity contribution in [2.45, 2.75) is 26.7 Å². The maximum Gasteiger partial charge on any atom is 0.270 e. The minimum absolute atomic E-state index is 0.0103. The van der Waals surface area contributed by atoms with E-state index in [2.05, 4.69) is 0 Å². The van der Waals surface area contributed by atoms with Crippen LogP contribution in [0.3, 0.4) is 0 Å². The average molecular weight is 306 g/mol. The highest BCUT2D eigenvalue weighted by Gasteiger charge is 2.14. The molecule has 7 heteroatoms. The molecule has 0 saturated heterocycles. The monoisotopic (exact) mass is 306 g/mol. The van der Waals surface area contributed by atoms with Crippen LogP contribution in [0.15, 0.2) is 35.1 Å². The first-order valence-corrected chi connectivity index (χ1v) is 7.08. The van der Waals surface area contributed by atoms with E-state index < -0.39 is 11.2 Å². The van der Waals surface area contributed by atoms with E-state index in [1.165, 1.54) is 22.8 Å². The third-order valence-electron chi connectivity index (χ3n) is 3.22. The molecule has 1 aromatic carbocycles. The molecule has 118 valence electrons. The highest BCUT2D eigenvalue weighted by molar-refractivity contribution is 5.81. The number of hydrogen-bond donors (Lipinski definition) is 0. The van der Waals surface area contributed by atoms with E-state index in [0.717, 1.165) is 0 Å². The summed E-state index contributed by atoms with van der Waals surface area (Å²) in [4.78, 5) is 22.5. The zero-order valence-corrected chi connectivity index (χ0v) is 12.5. The van der Waals surface area contributed by atoms with Crippen molar-refractivity contribution in [3.63, 3.8) is 0 Å². The Labute approximate surface area is 127 Å². The molecule has 0 fully saturated rings. The molecule has 0 saturated carbocycles. The number of nitro groups is 1. The third kappa shape index (κ3) is 3.49. The molecule has 0 amide bonds. The number of hydrogen-bond acceptors (Lipinski definition) is 5. The normalized spacial score (nSPS) is 11.2. The summed E-state index contributed by atoms with van der Waals surface area (Å²) in [6, 6.07) is 7.37. The Hall–Kier alpha value is -2.25. The summed E-state index contributed by atoms with van der Waals surface area (Å²) in [5.41, 5.74) is 0.400. The number of ether oxygens (including phenoxy) is 2. The van der Waals surface area contributed by atoms with E-state index in [9.17, 15) is 14.9 Å². The van der Waals surface area contributed by atoms with Gasteiger partial charge in [0.1, 0.15) is 0 Å². The molecule has 0 aliphatic carbocycles. The molecule has 1 aromatic heterocycles. The lowest BCUT2D eigenvalue weighted by Crippen LogP contribution is -2.30. The Morgan fingerprint density at radius 3 is 2.45 bits per heavy atom. The Bertz CT molecular complexity index is 719. The Kier molecular flexibility index (Phi) is 5.24. The molecule has 0 radical (unpaired) electrons. The van der Waals surface area contributed by atoms with Crippen LogP contribution in [0.1, 0.15) is 13.8 Å². The summed E-state index contributed by atoms with van der Waals surface area (Å²) in [5, 5.41) is 11.5. The predicted octanol–water partition coefficient (Wildman–Crippen LogP) is 2.31. The number of fused-ring (bicyclic) bond motifs is 1. The van der Waals surface area contributed by atoms with Gasteiger partial charge in [-0.15, -0.1) is 0 Å². The fourth-order valence-electron chi connectivity index (χ4n) is 2.27. The van der Waals surface area contributed by atoms with Gasteiger partial charge in [0.05, 0.1) is 17.0 Å². The van der Waals surface area contributed by atoms with Crippen LogP contribution in [0.25, 0.3) is 10.9 Å². The molecule has 7 nitrogen and oxygen atoms in total. The number of rotatable bonds is 7. The number of benzene rings is 1. The van der Waals surface area contributed by atoms with Crippen molar-refractivity contribution in [1.29, 1.82) is 0 Å². The molecule has 0 unspecified atom stereocenters. The topological polar surface area (TPSA) is 83.6 Å². The van der Waals surface area contributed by atoms with Crippen LogP contribution in [0.2, 0.25) is 0 Å². The summed E-state index contributed by atoms with van der Waals surface area (Å²) < 4.78 is 12.4. The predicted molar refractivity (Wildman–Crippen MR) is 81.9 cm³/mol. The van der Waals surface area contributed by atoms with Gasteiger partial charge < -0.3 is 14.0 Å². The molecule has 0 spiro atoms. The first-order chi connectivity index (χ1) is 10.6. The van der Waals surface area contributed by atoms with Gasteiger partial charge in [-0.25, -0.2) is 0 Å². The largest absolute Gasteiger partial charge is 0.351 e. The standard InChI is InChI=1S/C15H18N2O5/c1-3-21-15(22-4-2)10-16-13-7-6-12(17(19)20)9-11(13)5-8-14(16)18/h5-9,15H,3-4,10H2,1-2H3. The molecule has 0 N–H and O–H groups in total. The molecule has 0 aliphatic rings. The number of nitrogens with zero attached hydrogens (tertiary/aromatic N) is 2. The zero-order chi connectivity index (χ0) is 16.1. The van der Waals surface area contributed by atoms with Gasteiger partial charge in [-0.05, 0) is 26.0 Å². The summed E-state index contributed by atoms with van der Waals surface area (Å²) in [6.45, 7) is 4.86. The summed E-state index contributed by atoms with van der Waals surface area (Å²) in [5.74, 6) is 0. The first kappa shape index (κ1) is 16.1. The lowest BCUT2D eigenvalue weighted by Gasteiger charge is -2.19. The SMILES string of the molecule is CCOC(Cn1c(=O)ccc2cc([N+](=O)[O-])ccc21)OCC. The van der Waals surface area contributed by atoms with E-state index in [4.69, 9.17) is 9.47 Å². The van der Waals surface area contributed by atoms with Crippen molar-refractivity contribution < 1.29 is 14.4 Å². The van der Waals surface area contributed by atoms with Crippen LogP contribution in [0, 0.1) is 10.1 Å². The lowest BCUT2D eigenvalue weighted by molar-refractivity contribution is -0.384. The minimum atomic E-state index is -0.534. The van der Waals surface area contributed by atoms with Crippen molar-refractivity contribution in [2.24, 2.45) is 0 Å². The lowest BCUT2D eigenvalue weighted by atomic mass is 10.2. The quantitative estimate of drug-likeness (QED) is 0.445. The Morgan fingerprint density at radius 1 is 1.18 bits per heavy atom. The fourth-order valence-corrected chi connectivity index (χ4v) is 2.27. The van der Waals surface area contributed by atoms with Gasteiger partial charge >= 0.3 is 0 Å². The first-order valence-electron chi connectivity index (χ1n) is 7.08. The second-order valence-electron chi connectivity index (χ2n) is 4.62. The summed E-state index contributed by atoms with van der Waals surface area (Å²) >= 11 is 0. The van der Waals surface area contributed by atoms with Crippen molar-refractivity contribution in [2.75, 3.05) is 13.2 Å². The van der Waals surface area contributed by atoms with Crippen LogP contribution in [0.4, 0.5) is 5.69 Å². The van der Waals surface area contributed by atoms with Gasteiger partial charge in [0, 0.05) is 36.8 Å². The van der Waals surface area contributed by atoms with Crippen LogP contribution in [-0.4, -0.2) is 29.0 Å². The van der Waals surface area contributed by atoms with Crippen molar-refractivity contribution in [3.05, 3.63) is 50.8 Å². The molecule has 22 heavy (non-hydrogen) atoms. The molecular formula is C15H18N2O5. The molecule has 2 rings (SSSR count). The Morgan fingerprint density at radius 2 is 1.86 bits per heavy atom. The smallest absolute Gasteiger partial charge is 0.270 e. The number of pyridine rings is 1. The summed E-state index contributed by atoms with van der Waals surface area (Å²) in [6.07, 6.45) is -0.534. The number of non-ortho nitro benzene ring substituents is 1. The summed E-state index contributed by atoms with van der Waals surface area (Å²) in [7, 11) is 0. The highest BCUT2D eigenvalue weighted by atomic mass is 16.7. The molecule has 2 aromatic rings. The number of aromatic nitrogens is 1. The van der Waals surface area contributed by atoms with Crippen molar-refractivity contribution in [1.82, 2.24) is 4.57 Å². The molecule has 0 bridgehead atoms. The zero-order valence-electron chi connectivity index (χ0n) is 12.5. The average Bonchev–Trinajstić information content (AvgIpc) is 2.50. The highest BCUT2D eigenvalue weighted by Crippen LogP contribution is 2.20. The van der Waals surface area contributed by atoms with Gasteiger partial charge in [-0.2, -0.15) is 0 Å². The Balaban J connectivity index is 2.45. The van der Waals surface area contributed by atoms with Crippen LogP contribution in [-0.2, 0) is 16.0 Å². The molecular weight excluding hydrogens is 288 g/mol. The van der Waals surface area contributed by atoms with E-state index in [1.54, 1.807) is 12.1 Å². The van der Waals surface area contributed by atoms with Crippen LogP contribution < -0.4 is 5.56 Å². The van der Waals surface area contributed by atoms with E-state index in [-0.39, 0.29) is 17.8 Å². The maximum absolute atomic E-state index is 12.1. The van der Waals surface area contributed by atoms with Gasteiger partial charge in [-0.1, -0.05) is 0 Å². The van der Waals surface area contributed by atoms with E-state index in [0.29, 0.717) is 24.1 Å².